The highest BCUT2D eigenvalue weighted by Gasteiger charge is 2.47. The number of carbonyl (C=O) groups is 3. The molecule has 4 rings (SSSR count). The van der Waals surface area contributed by atoms with Crippen LogP contribution in [-0.2, 0) is 14.4 Å². The van der Waals surface area contributed by atoms with Crippen molar-refractivity contribution in [1.29, 1.82) is 0 Å². The van der Waals surface area contributed by atoms with Crippen molar-refractivity contribution in [2.24, 2.45) is 0 Å². The second-order valence-corrected chi connectivity index (χ2v) is 8.88. The number of hydrogen-bond donors (Lipinski definition) is 2. The lowest BCUT2D eigenvalue weighted by atomic mass is 9.94. The summed E-state index contributed by atoms with van der Waals surface area (Å²) in [6, 6.07) is 15.6. The molecule has 2 amide bonds. The Morgan fingerprint density at radius 2 is 1.59 bits per heavy atom. The molecule has 1 unspecified atom stereocenters. The normalized spacial score (nSPS) is 16.6. The molecule has 8 nitrogen and oxygen atoms in total. The molecule has 3 aromatic carbocycles. The number of carbonyl (C=O) groups excluding carboxylic acids is 3. The summed E-state index contributed by atoms with van der Waals surface area (Å²) in [6.45, 7) is 1.38. The lowest BCUT2D eigenvalue weighted by molar-refractivity contribution is -0.132. The molecule has 1 aliphatic heterocycles. The van der Waals surface area contributed by atoms with Crippen molar-refractivity contribution >= 4 is 57.9 Å². The van der Waals surface area contributed by atoms with E-state index in [0.29, 0.717) is 16.9 Å². The Kier molecular flexibility index (Phi) is 7.42. The van der Waals surface area contributed by atoms with Crippen LogP contribution < -0.4 is 19.7 Å². The van der Waals surface area contributed by atoms with Crippen molar-refractivity contribution in [2.45, 2.75) is 13.0 Å². The van der Waals surface area contributed by atoms with Gasteiger partial charge in [-0.2, -0.15) is 0 Å². The highest BCUT2D eigenvalue weighted by molar-refractivity contribution is 6.52. The summed E-state index contributed by atoms with van der Waals surface area (Å²) in [4.78, 5) is 39.4. The molecule has 0 aliphatic carbocycles. The molecule has 37 heavy (non-hydrogen) atoms. The Bertz CT molecular complexity index is 1420. The lowest BCUT2D eigenvalue weighted by Crippen LogP contribution is -2.29. The van der Waals surface area contributed by atoms with E-state index in [2.05, 4.69) is 5.32 Å². The molecule has 190 valence electrons. The van der Waals surface area contributed by atoms with Crippen LogP contribution in [-0.4, -0.2) is 36.9 Å². The minimum atomic E-state index is -0.975. The number of aliphatic hydroxyl groups is 1. The topological polar surface area (TPSA) is 105 Å². The number of rotatable bonds is 6. The molecule has 0 radical (unpaired) electrons. The molecule has 0 saturated carbocycles. The van der Waals surface area contributed by atoms with E-state index in [1.54, 1.807) is 54.6 Å². The molecule has 1 heterocycles. The first kappa shape index (κ1) is 26.1. The minimum absolute atomic E-state index is 0.00176. The first-order valence-corrected chi connectivity index (χ1v) is 11.8. The highest BCUT2D eigenvalue weighted by atomic mass is 35.5. The monoisotopic (exact) mass is 540 g/mol. The molecule has 0 aromatic heterocycles. The van der Waals surface area contributed by atoms with E-state index >= 15 is 0 Å². The summed E-state index contributed by atoms with van der Waals surface area (Å²) >= 11 is 12.7. The van der Waals surface area contributed by atoms with E-state index in [0.717, 1.165) is 0 Å². The summed E-state index contributed by atoms with van der Waals surface area (Å²) in [7, 11) is 2.72. The maximum Gasteiger partial charge on any atom is 0.300 e. The fourth-order valence-corrected chi connectivity index (χ4v) is 4.94. The number of benzene rings is 3. The van der Waals surface area contributed by atoms with Crippen molar-refractivity contribution < 1.29 is 29.0 Å². The molecule has 1 saturated heterocycles. The van der Waals surface area contributed by atoms with E-state index in [1.165, 1.54) is 32.1 Å². The number of Topliss-reactive ketones (excluding diaryl/α,β-unsaturated/α-hetero) is 1. The average Bonchev–Trinajstić information content (AvgIpc) is 3.14. The van der Waals surface area contributed by atoms with Gasteiger partial charge in [-0.1, -0.05) is 53.5 Å². The number of nitrogens with zero attached hydrogens (tertiary/aromatic N) is 1. The van der Waals surface area contributed by atoms with E-state index in [4.69, 9.17) is 32.7 Å². The molecule has 1 fully saturated rings. The molecule has 1 aliphatic rings. The Balaban J connectivity index is 1.94. The van der Waals surface area contributed by atoms with Crippen LogP contribution in [0, 0.1) is 0 Å². The molecular weight excluding hydrogens is 519 g/mol. The van der Waals surface area contributed by atoms with Gasteiger partial charge in [0.25, 0.3) is 11.7 Å². The van der Waals surface area contributed by atoms with E-state index in [-0.39, 0.29) is 38.6 Å². The molecule has 3 aromatic rings. The second-order valence-electron chi connectivity index (χ2n) is 8.09. The predicted octanol–water partition coefficient (Wildman–Crippen LogP) is 5.60. The summed E-state index contributed by atoms with van der Waals surface area (Å²) in [5.41, 5.74) is 1.35. The number of hydrogen-bond acceptors (Lipinski definition) is 6. The first-order valence-electron chi connectivity index (χ1n) is 11.0. The third-order valence-corrected chi connectivity index (χ3v) is 6.44. The highest BCUT2D eigenvalue weighted by Crippen LogP contribution is 2.48. The van der Waals surface area contributed by atoms with Gasteiger partial charge in [0.1, 0.15) is 10.8 Å². The average molecular weight is 541 g/mol. The van der Waals surface area contributed by atoms with Gasteiger partial charge in [-0.3, -0.25) is 19.3 Å². The standard InChI is InChI=1S/C27H22Cl2N2O6/c1-14(32)30-16-9-11-17(12-10-16)31-22(15-7-5-4-6-8-15)20(24(34)27(31)35)23(33)18-13-19(28)26(37-3)21(29)25(18)36-2/h4-13,22,33H,1-3H3,(H,30,32)/b23-20+. The largest absolute Gasteiger partial charge is 0.507 e. The van der Waals surface area contributed by atoms with Crippen molar-refractivity contribution in [2.75, 3.05) is 24.4 Å². The number of nitrogens with one attached hydrogen (secondary N) is 1. The van der Waals surface area contributed by atoms with Gasteiger partial charge < -0.3 is 19.9 Å². The number of anilines is 2. The Morgan fingerprint density at radius 1 is 0.973 bits per heavy atom. The summed E-state index contributed by atoms with van der Waals surface area (Å²) in [6.07, 6.45) is 0. The number of ether oxygens (including phenoxy) is 2. The number of ketones is 1. The quantitative estimate of drug-likeness (QED) is 0.239. The van der Waals surface area contributed by atoms with Gasteiger partial charge in [0.15, 0.2) is 11.5 Å². The van der Waals surface area contributed by atoms with Crippen LogP contribution in [0.4, 0.5) is 11.4 Å². The van der Waals surface area contributed by atoms with Crippen molar-refractivity contribution in [3.8, 4) is 11.5 Å². The van der Waals surface area contributed by atoms with Crippen LogP contribution in [0.5, 0.6) is 11.5 Å². The summed E-state index contributed by atoms with van der Waals surface area (Å²) in [5.74, 6) is -2.33. The second kappa shape index (κ2) is 10.5. The maximum atomic E-state index is 13.4. The van der Waals surface area contributed by atoms with Gasteiger partial charge >= 0.3 is 0 Å². The SMILES string of the molecule is COc1c(Cl)cc(/C(O)=C2\C(=O)C(=O)N(c3ccc(NC(C)=O)cc3)C2c2ccccc2)c(OC)c1Cl. The fourth-order valence-electron chi connectivity index (χ4n) is 4.25. The zero-order valence-corrected chi connectivity index (χ0v) is 21.6. The molecule has 0 bridgehead atoms. The van der Waals surface area contributed by atoms with Gasteiger partial charge in [0, 0.05) is 18.3 Å². The van der Waals surface area contributed by atoms with Crippen LogP contribution >= 0.6 is 23.2 Å². The van der Waals surface area contributed by atoms with Gasteiger partial charge in [0.2, 0.25) is 5.91 Å². The van der Waals surface area contributed by atoms with Crippen LogP contribution in [0.1, 0.15) is 24.1 Å². The van der Waals surface area contributed by atoms with Gasteiger partial charge in [0.05, 0.1) is 36.4 Å². The van der Waals surface area contributed by atoms with Gasteiger partial charge in [-0.05, 0) is 35.9 Å². The summed E-state index contributed by atoms with van der Waals surface area (Å²) < 4.78 is 10.6. The molecule has 1 atom stereocenters. The van der Waals surface area contributed by atoms with Crippen LogP contribution in [0.2, 0.25) is 10.0 Å². The van der Waals surface area contributed by atoms with Crippen molar-refractivity contribution in [3.63, 3.8) is 0 Å². The van der Waals surface area contributed by atoms with E-state index in [1.807, 2.05) is 0 Å². The van der Waals surface area contributed by atoms with Gasteiger partial charge in [-0.25, -0.2) is 0 Å². The Labute approximate surface area is 223 Å². The third-order valence-electron chi connectivity index (χ3n) is 5.82. The zero-order chi connectivity index (χ0) is 26.9. The van der Waals surface area contributed by atoms with Crippen molar-refractivity contribution in [1.82, 2.24) is 0 Å². The smallest absolute Gasteiger partial charge is 0.300 e. The Morgan fingerprint density at radius 3 is 2.16 bits per heavy atom. The Hall–Kier alpha value is -4.01. The van der Waals surface area contributed by atoms with E-state index in [9.17, 15) is 19.5 Å². The maximum absolute atomic E-state index is 13.4. The number of aliphatic hydroxyl groups excluding tert-OH is 1. The summed E-state index contributed by atoms with van der Waals surface area (Å²) in [5, 5.41) is 14.2. The number of amides is 2. The van der Waals surface area contributed by atoms with Gasteiger partial charge in [-0.15, -0.1) is 0 Å². The minimum Gasteiger partial charge on any atom is -0.507 e. The van der Waals surface area contributed by atoms with E-state index < -0.39 is 23.5 Å². The first-order chi connectivity index (χ1) is 17.7. The van der Waals surface area contributed by atoms with Crippen LogP contribution in [0.25, 0.3) is 5.76 Å². The number of methoxy groups -OCH3 is 2. The molecule has 0 spiro atoms. The fraction of sp³-hybridized carbons (Fsp3) is 0.148. The zero-order valence-electron chi connectivity index (χ0n) is 20.0. The predicted molar refractivity (Wildman–Crippen MR) is 142 cm³/mol. The lowest BCUT2D eigenvalue weighted by Gasteiger charge is -2.26. The number of halogens is 2. The third kappa shape index (κ3) is 4.73. The van der Waals surface area contributed by atoms with Crippen molar-refractivity contribution in [3.05, 3.63) is 87.4 Å². The molecule has 2 N–H and O–H groups in total. The van der Waals surface area contributed by atoms with Crippen LogP contribution in [0.15, 0.2) is 66.2 Å². The van der Waals surface area contributed by atoms with Crippen LogP contribution in [0.3, 0.4) is 0 Å². The molecule has 10 heteroatoms. The molecular formula is C27H22Cl2N2O6.